The lowest BCUT2D eigenvalue weighted by molar-refractivity contribution is -0.0793. The highest BCUT2D eigenvalue weighted by molar-refractivity contribution is 5.89. The molecule has 4 N–H and O–H groups in total. The van der Waals surface area contributed by atoms with Crippen molar-refractivity contribution in [2.24, 2.45) is 11.6 Å². The molecule has 0 unspecified atom stereocenters. The third-order valence-corrected chi connectivity index (χ3v) is 3.61. The Labute approximate surface area is 125 Å². The molecule has 0 aliphatic carbocycles. The fraction of sp³-hybridized carbons (Fsp3) is 0.143. The molecule has 0 spiro atoms. The van der Waals surface area contributed by atoms with Crippen molar-refractivity contribution in [3.63, 3.8) is 0 Å². The number of benzene rings is 1. The molecule has 0 bridgehead atoms. The molecule has 0 atom stereocenters. The maximum Gasteiger partial charge on any atom is 0.399 e. The standard InChI is InChI=1S/C14H14FN5O2/c1-8(16)11-6-12-13(14(21)22-15)18-7-19(12)9-4-2-3-5-10(9)20(11)17/h2-5,7H,6,16-17H2,1H3/b11-8-. The summed E-state index contributed by atoms with van der Waals surface area (Å²) < 4.78 is 14.0. The summed E-state index contributed by atoms with van der Waals surface area (Å²) in [5.41, 5.74) is 8.75. The van der Waals surface area contributed by atoms with Gasteiger partial charge in [0.15, 0.2) is 5.69 Å². The van der Waals surface area contributed by atoms with Crippen molar-refractivity contribution < 1.29 is 14.3 Å². The minimum atomic E-state index is -1.15. The monoisotopic (exact) mass is 303 g/mol. The van der Waals surface area contributed by atoms with Gasteiger partial charge >= 0.3 is 5.97 Å². The van der Waals surface area contributed by atoms with Crippen molar-refractivity contribution in [2.75, 3.05) is 5.01 Å². The molecule has 2 heterocycles. The molecular weight excluding hydrogens is 289 g/mol. The SMILES string of the molecule is C/C(N)=C1\Cc2c(C(=O)OF)ncn2-c2ccccc2N1N. The van der Waals surface area contributed by atoms with E-state index in [-0.39, 0.29) is 12.1 Å². The first kappa shape index (κ1) is 14.1. The first-order valence-corrected chi connectivity index (χ1v) is 6.53. The van der Waals surface area contributed by atoms with Crippen LogP contribution in [0.4, 0.5) is 10.2 Å². The molecule has 1 aromatic carbocycles. The zero-order valence-corrected chi connectivity index (χ0v) is 11.8. The lowest BCUT2D eigenvalue weighted by Crippen LogP contribution is -2.32. The van der Waals surface area contributed by atoms with Crippen molar-refractivity contribution >= 4 is 11.7 Å². The zero-order valence-electron chi connectivity index (χ0n) is 11.8. The Kier molecular flexibility index (Phi) is 3.30. The lowest BCUT2D eigenvalue weighted by atomic mass is 10.1. The number of nitrogens with zero attached hydrogens (tertiary/aromatic N) is 3. The second-order valence-corrected chi connectivity index (χ2v) is 4.94. The van der Waals surface area contributed by atoms with Crippen molar-refractivity contribution in [3.8, 4) is 5.69 Å². The summed E-state index contributed by atoms with van der Waals surface area (Å²) in [4.78, 5) is 18.8. The van der Waals surface area contributed by atoms with Crippen LogP contribution in [0.25, 0.3) is 5.69 Å². The lowest BCUT2D eigenvalue weighted by Gasteiger charge is -2.22. The molecule has 1 aromatic heterocycles. The molecule has 0 saturated heterocycles. The zero-order chi connectivity index (χ0) is 15.9. The summed E-state index contributed by atoms with van der Waals surface area (Å²) in [5.74, 6) is 5.01. The highest BCUT2D eigenvalue weighted by Gasteiger charge is 2.28. The van der Waals surface area contributed by atoms with Gasteiger partial charge in [-0.25, -0.2) is 20.6 Å². The van der Waals surface area contributed by atoms with Crippen molar-refractivity contribution in [1.29, 1.82) is 0 Å². The Morgan fingerprint density at radius 1 is 1.36 bits per heavy atom. The molecule has 7 nitrogen and oxygen atoms in total. The van der Waals surface area contributed by atoms with Crippen molar-refractivity contribution in [1.82, 2.24) is 9.55 Å². The number of allylic oxidation sites excluding steroid dienone is 2. The predicted octanol–water partition coefficient (Wildman–Crippen LogP) is 1.34. The Morgan fingerprint density at radius 2 is 2.05 bits per heavy atom. The molecule has 0 fully saturated rings. The molecule has 2 aromatic rings. The number of nitrogens with two attached hydrogens (primary N) is 2. The predicted molar refractivity (Wildman–Crippen MR) is 77.3 cm³/mol. The summed E-state index contributed by atoms with van der Waals surface area (Å²) in [5, 5.41) is 1.46. The molecule has 0 amide bonds. The Balaban J connectivity index is 2.30. The van der Waals surface area contributed by atoms with E-state index in [1.54, 1.807) is 11.5 Å². The molecule has 8 heteroatoms. The van der Waals surface area contributed by atoms with E-state index in [4.69, 9.17) is 11.6 Å². The van der Waals surface area contributed by atoms with Gasteiger partial charge in [-0.1, -0.05) is 12.1 Å². The minimum absolute atomic E-state index is 0.105. The van der Waals surface area contributed by atoms with Crippen LogP contribution in [0.15, 0.2) is 42.0 Å². The number of halogens is 1. The van der Waals surface area contributed by atoms with E-state index in [0.29, 0.717) is 28.5 Å². The highest BCUT2D eigenvalue weighted by Crippen LogP contribution is 2.33. The van der Waals surface area contributed by atoms with Crippen LogP contribution < -0.4 is 16.6 Å². The number of aromatic nitrogens is 2. The van der Waals surface area contributed by atoms with Gasteiger partial charge in [0.1, 0.15) is 6.33 Å². The molecule has 1 aliphatic heterocycles. The largest absolute Gasteiger partial charge is 0.401 e. The maximum absolute atomic E-state index is 12.3. The van der Waals surface area contributed by atoms with Crippen molar-refractivity contribution in [3.05, 3.63) is 53.4 Å². The number of carbonyl (C=O) groups is 1. The van der Waals surface area contributed by atoms with E-state index in [0.717, 1.165) is 0 Å². The molecular formula is C14H14FN5O2. The number of hydrogen-bond acceptors (Lipinski definition) is 6. The van der Waals surface area contributed by atoms with Gasteiger partial charge in [0, 0.05) is 16.6 Å². The summed E-state index contributed by atoms with van der Waals surface area (Å²) in [6.45, 7) is 1.71. The second-order valence-electron chi connectivity index (χ2n) is 4.94. The number of anilines is 1. The second kappa shape index (κ2) is 5.15. The van der Waals surface area contributed by atoms with Gasteiger partial charge < -0.3 is 5.73 Å². The summed E-state index contributed by atoms with van der Waals surface area (Å²) in [7, 11) is 0. The van der Waals surface area contributed by atoms with Gasteiger partial charge in [-0.05, 0) is 19.1 Å². The first-order chi connectivity index (χ1) is 10.5. The van der Waals surface area contributed by atoms with E-state index < -0.39 is 5.97 Å². The number of rotatable bonds is 1. The Bertz CT molecular complexity index is 779. The van der Waals surface area contributed by atoms with Gasteiger partial charge in [0.05, 0.1) is 22.8 Å². The molecule has 0 saturated carbocycles. The van der Waals surface area contributed by atoms with Gasteiger partial charge in [0.25, 0.3) is 0 Å². The number of para-hydroxylation sites is 2. The van der Waals surface area contributed by atoms with E-state index in [2.05, 4.69) is 9.93 Å². The topological polar surface area (TPSA) is 99.4 Å². The van der Waals surface area contributed by atoms with Crippen LogP contribution in [-0.4, -0.2) is 15.5 Å². The van der Waals surface area contributed by atoms with Crippen LogP contribution in [0.5, 0.6) is 0 Å². The summed E-state index contributed by atoms with van der Waals surface area (Å²) >= 11 is 0. The first-order valence-electron chi connectivity index (χ1n) is 6.53. The quantitative estimate of drug-likeness (QED) is 0.771. The fourth-order valence-electron chi connectivity index (χ4n) is 2.55. The number of hydrazine groups is 1. The average molecular weight is 303 g/mol. The van der Waals surface area contributed by atoms with Crippen LogP contribution in [0.2, 0.25) is 0 Å². The molecule has 1 aliphatic rings. The maximum atomic E-state index is 12.3. The van der Waals surface area contributed by atoms with Gasteiger partial charge in [-0.3, -0.25) is 9.58 Å². The molecule has 114 valence electrons. The summed E-state index contributed by atoms with van der Waals surface area (Å²) in [6, 6.07) is 7.30. The molecule has 0 radical (unpaired) electrons. The van der Waals surface area contributed by atoms with Crippen LogP contribution in [0.1, 0.15) is 23.1 Å². The Morgan fingerprint density at radius 3 is 2.68 bits per heavy atom. The van der Waals surface area contributed by atoms with Gasteiger partial charge in [-0.15, -0.1) is 0 Å². The van der Waals surface area contributed by atoms with E-state index in [9.17, 15) is 9.32 Å². The van der Waals surface area contributed by atoms with Gasteiger partial charge in [0.2, 0.25) is 0 Å². The van der Waals surface area contributed by atoms with Crippen LogP contribution in [0, 0.1) is 0 Å². The average Bonchev–Trinajstić information content (AvgIpc) is 2.89. The summed E-state index contributed by atoms with van der Waals surface area (Å²) in [6.07, 6.45) is 1.65. The highest BCUT2D eigenvalue weighted by atomic mass is 19.3. The fourth-order valence-corrected chi connectivity index (χ4v) is 2.55. The van der Waals surface area contributed by atoms with Gasteiger partial charge in [-0.2, -0.15) is 0 Å². The smallest absolute Gasteiger partial charge is 0.399 e. The van der Waals surface area contributed by atoms with E-state index >= 15 is 0 Å². The van der Waals surface area contributed by atoms with E-state index in [1.807, 2.05) is 24.3 Å². The third kappa shape index (κ3) is 2.01. The van der Waals surface area contributed by atoms with Crippen LogP contribution >= 0.6 is 0 Å². The molecule has 3 rings (SSSR count). The van der Waals surface area contributed by atoms with E-state index in [1.165, 1.54) is 11.3 Å². The van der Waals surface area contributed by atoms with Crippen LogP contribution in [-0.2, 0) is 11.4 Å². The van der Waals surface area contributed by atoms with Crippen LogP contribution in [0.3, 0.4) is 0 Å². The Hall–Kier alpha value is -2.87. The third-order valence-electron chi connectivity index (χ3n) is 3.61. The minimum Gasteiger partial charge on any atom is -0.401 e. The number of carbonyl (C=O) groups excluding carboxylic acids is 1. The molecule has 22 heavy (non-hydrogen) atoms. The number of imidazole rings is 1. The number of fused-ring (bicyclic) bond motifs is 3. The normalized spacial score (nSPS) is 15.7. The number of hydrogen-bond donors (Lipinski definition) is 2. The van der Waals surface area contributed by atoms with Crippen molar-refractivity contribution in [2.45, 2.75) is 13.3 Å².